The Bertz CT molecular complexity index is 370. The number of hydrogen-bond donors (Lipinski definition) is 1. The second-order valence-corrected chi connectivity index (χ2v) is 4.01. The Morgan fingerprint density at radius 2 is 2.19 bits per heavy atom. The molecule has 0 fully saturated rings. The summed E-state index contributed by atoms with van der Waals surface area (Å²) in [4.78, 5) is 10.1. The molecule has 0 aromatic heterocycles. The highest BCUT2D eigenvalue weighted by atomic mass is 79.9. The molecule has 88 valence electrons. The molecule has 0 atom stereocenters. The molecule has 1 aromatic carbocycles. The molecular weight excluding hydrogens is 278 g/mol. The molecule has 6 heteroatoms. The number of ether oxygens (including phenoxy) is 1. The molecule has 0 aliphatic rings. The van der Waals surface area contributed by atoms with Crippen LogP contribution in [0.2, 0.25) is 0 Å². The lowest BCUT2D eigenvalue weighted by Crippen LogP contribution is -2.00. The van der Waals surface area contributed by atoms with Crippen LogP contribution in [0.15, 0.2) is 22.7 Å². The highest BCUT2D eigenvalue weighted by molar-refractivity contribution is 9.10. The second-order valence-electron chi connectivity index (χ2n) is 3.15. The van der Waals surface area contributed by atoms with E-state index in [0.717, 1.165) is 0 Å². The minimum atomic E-state index is -0.465. The van der Waals surface area contributed by atoms with E-state index in [1.165, 1.54) is 12.1 Å². The fraction of sp³-hybridized carbons (Fsp3) is 0.400. The van der Waals surface area contributed by atoms with E-state index >= 15 is 0 Å². The van der Waals surface area contributed by atoms with Gasteiger partial charge in [-0.2, -0.15) is 0 Å². The zero-order valence-electron chi connectivity index (χ0n) is 8.56. The summed E-state index contributed by atoms with van der Waals surface area (Å²) >= 11 is 3.25. The molecule has 0 saturated heterocycles. The van der Waals surface area contributed by atoms with Gasteiger partial charge in [0.1, 0.15) is 5.75 Å². The highest BCUT2D eigenvalue weighted by Crippen LogP contribution is 2.29. The quantitative estimate of drug-likeness (QED) is 0.496. The Kier molecular flexibility index (Phi) is 5.21. The van der Waals surface area contributed by atoms with Gasteiger partial charge in [0, 0.05) is 12.7 Å². The molecule has 16 heavy (non-hydrogen) atoms. The minimum Gasteiger partial charge on any atom is -0.492 e. The van der Waals surface area contributed by atoms with E-state index in [-0.39, 0.29) is 12.3 Å². The van der Waals surface area contributed by atoms with E-state index < -0.39 is 4.92 Å². The molecule has 0 aliphatic heterocycles. The Labute approximate surface area is 101 Å². The first kappa shape index (κ1) is 12.9. The number of nitrogens with zero attached hydrogens (tertiary/aromatic N) is 1. The predicted molar refractivity (Wildman–Crippen MR) is 62.6 cm³/mol. The van der Waals surface area contributed by atoms with E-state index in [0.29, 0.717) is 29.7 Å². The summed E-state index contributed by atoms with van der Waals surface area (Å²) in [5.74, 6) is 0.451. The number of nitro benzene ring substituents is 1. The van der Waals surface area contributed by atoms with Crippen molar-refractivity contribution in [2.24, 2.45) is 0 Å². The van der Waals surface area contributed by atoms with Crippen molar-refractivity contribution in [1.82, 2.24) is 0 Å². The lowest BCUT2D eigenvalue weighted by molar-refractivity contribution is -0.385. The second kappa shape index (κ2) is 6.44. The summed E-state index contributed by atoms with van der Waals surface area (Å²) in [6, 6.07) is 4.37. The third kappa shape index (κ3) is 3.79. The summed E-state index contributed by atoms with van der Waals surface area (Å²) < 4.78 is 6.05. The molecule has 0 heterocycles. The maximum absolute atomic E-state index is 10.5. The van der Waals surface area contributed by atoms with Crippen LogP contribution in [0.5, 0.6) is 5.75 Å². The maximum Gasteiger partial charge on any atom is 0.273 e. The first-order chi connectivity index (χ1) is 7.65. The van der Waals surface area contributed by atoms with Crippen LogP contribution < -0.4 is 4.74 Å². The number of rotatable bonds is 6. The van der Waals surface area contributed by atoms with Crippen molar-refractivity contribution in [1.29, 1.82) is 0 Å². The fourth-order valence-corrected chi connectivity index (χ4v) is 1.47. The SMILES string of the molecule is O=[N+]([O-])c1ccc(Br)c(OCCCCO)c1. The predicted octanol–water partition coefficient (Wildman–Crippen LogP) is 2.51. The van der Waals surface area contributed by atoms with Crippen molar-refractivity contribution in [3.05, 3.63) is 32.8 Å². The Hall–Kier alpha value is -1.14. The van der Waals surface area contributed by atoms with Gasteiger partial charge in [-0.1, -0.05) is 0 Å². The van der Waals surface area contributed by atoms with Gasteiger partial charge in [0.2, 0.25) is 0 Å². The lowest BCUT2D eigenvalue weighted by atomic mass is 10.3. The molecule has 0 saturated carbocycles. The summed E-state index contributed by atoms with van der Waals surface area (Å²) in [5.41, 5.74) is 0.000332. The first-order valence-electron chi connectivity index (χ1n) is 4.82. The van der Waals surface area contributed by atoms with Crippen molar-refractivity contribution < 1.29 is 14.8 Å². The molecule has 0 bridgehead atoms. The molecule has 1 aromatic rings. The third-order valence-corrected chi connectivity index (χ3v) is 2.59. The van der Waals surface area contributed by atoms with E-state index in [1.54, 1.807) is 6.07 Å². The van der Waals surface area contributed by atoms with Crippen LogP contribution in [0.4, 0.5) is 5.69 Å². The van der Waals surface area contributed by atoms with Gasteiger partial charge in [0.25, 0.3) is 5.69 Å². The molecule has 0 radical (unpaired) electrons. The van der Waals surface area contributed by atoms with Crippen LogP contribution in [-0.2, 0) is 0 Å². The largest absolute Gasteiger partial charge is 0.492 e. The molecule has 0 amide bonds. The number of hydrogen-bond acceptors (Lipinski definition) is 4. The average molecular weight is 290 g/mol. The van der Waals surface area contributed by atoms with Gasteiger partial charge in [-0.15, -0.1) is 0 Å². The van der Waals surface area contributed by atoms with Crippen molar-refractivity contribution >= 4 is 21.6 Å². The van der Waals surface area contributed by atoms with Gasteiger partial charge in [-0.3, -0.25) is 10.1 Å². The van der Waals surface area contributed by atoms with Crippen molar-refractivity contribution in [2.45, 2.75) is 12.8 Å². The molecular formula is C10H12BrNO4. The summed E-state index contributed by atoms with van der Waals surface area (Å²) in [7, 11) is 0. The number of aliphatic hydroxyl groups excluding tert-OH is 1. The number of aliphatic hydroxyl groups is 1. The van der Waals surface area contributed by atoms with Gasteiger partial charge in [0.05, 0.1) is 22.1 Å². The topological polar surface area (TPSA) is 72.6 Å². The van der Waals surface area contributed by atoms with Crippen LogP contribution in [0.1, 0.15) is 12.8 Å². The monoisotopic (exact) mass is 289 g/mol. The van der Waals surface area contributed by atoms with E-state index in [9.17, 15) is 10.1 Å². The summed E-state index contributed by atoms with van der Waals surface area (Å²) in [6.45, 7) is 0.555. The zero-order chi connectivity index (χ0) is 12.0. The third-order valence-electron chi connectivity index (χ3n) is 1.94. The number of benzene rings is 1. The first-order valence-corrected chi connectivity index (χ1v) is 5.62. The Balaban J connectivity index is 2.63. The van der Waals surface area contributed by atoms with Crippen LogP contribution in [0.3, 0.4) is 0 Å². The average Bonchev–Trinajstić information content (AvgIpc) is 2.26. The molecule has 1 rings (SSSR count). The fourth-order valence-electron chi connectivity index (χ4n) is 1.11. The van der Waals surface area contributed by atoms with E-state index in [1.807, 2.05) is 0 Å². The standard InChI is InChI=1S/C10H12BrNO4/c11-9-4-3-8(12(14)15)7-10(9)16-6-2-1-5-13/h3-4,7,13H,1-2,5-6H2. The van der Waals surface area contributed by atoms with Crippen LogP contribution >= 0.6 is 15.9 Å². The number of nitro groups is 1. The maximum atomic E-state index is 10.5. The molecule has 5 nitrogen and oxygen atoms in total. The number of non-ortho nitro benzene ring substituents is 1. The minimum absolute atomic E-state index is 0.000332. The van der Waals surface area contributed by atoms with Gasteiger partial charge in [0.15, 0.2) is 0 Å². The smallest absolute Gasteiger partial charge is 0.273 e. The number of halogens is 1. The molecule has 0 spiro atoms. The van der Waals surface area contributed by atoms with Gasteiger partial charge < -0.3 is 9.84 Å². The van der Waals surface area contributed by atoms with Crippen molar-refractivity contribution in [2.75, 3.05) is 13.2 Å². The molecule has 0 aliphatic carbocycles. The van der Waals surface area contributed by atoms with Gasteiger partial charge in [-0.25, -0.2) is 0 Å². The van der Waals surface area contributed by atoms with E-state index in [4.69, 9.17) is 9.84 Å². The van der Waals surface area contributed by atoms with Crippen LogP contribution in [0.25, 0.3) is 0 Å². The molecule has 0 unspecified atom stereocenters. The lowest BCUT2D eigenvalue weighted by Gasteiger charge is -2.07. The van der Waals surface area contributed by atoms with Crippen LogP contribution in [-0.4, -0.2) is 23.2 Å². The zero-order valence-corrected chi connectivity index (χ0v) is 10.1. The van der Waals surface area contributed by atoms with Crippen LogP contribution in [0, 0.1) is 10.1 Å². The Morgan fingerprint density at radius 1 is 1.44 bits per heavy atom. The highest BCUT2D eigenvalue weighted by Gasteiger charge is 2.10. The van der Waals surface area contributed by atoms with Gasteiger partial charge >= 0.3 is 0 Å². The van der Waals surface area contributed by atoms with Gasteiger partial charge in [-0.05, 0) is 34.8 Å². The summed E-state index contributed by atoms with van der Waals surface area (Å²) in [5, 5.41) is 19.1. The normalized spacial score (nSPS) is 10.1. The summed E-state index contributed by atoms with van der Waals surface area (Å²) in [6.07, 6.45) is 1.37. The van der Waals surface area contributed by atoms with E-state index in [2.05, 4.69) is 15.9 Å². The molecule has 1 N–H and O–H groups in total. The van der Waals surface area contributed by atoms with Crippen molar-refractivity contribution in [3.63, 3.8) is 0 Å². The number of unbranched alkanes of at least 4 members (excludes halogenated alkanes) is 1. The van der Waals surface area contributed by atoms with Crippen molar-refractivity contribution in [3.8, 4) is 5.75 Å². The Morgan fingerprint density at radius 3 is 2.81 bits per heavy atom.